The van der Waals surface area contributed by atoms with E-state index in [4.69, 9.17) is 15.9 Å². The molecule has 0 aromatic heterocycles. The van der Waals surface area contributed by atoms with Gasteiger partial charge in [0.1, 0.15) is 18.6 Å². The molecule has 1 aromatic rings. The molecule has 170 valence electrons. The number of rotatable bonds is 11. The van der Waals surface area contributed by atoms with Gasteiger partial charge in [-0.2, -0.15) is 5.21 Å². The predicted octanol–water partition coefficient (Wildman–Crippen LogP) is 0.464. The van der Waals surface area contributed by atoms with Crippen LogP contribution in [0.4, 0.5) is 10.5 Å². The van der Waals surface area contributed by atoms with Crippen LogP contribution in [0, 0.1) is 0 Å². The standard InChI is InChI=1S/C17H21IN4O8S/c18-22(30,10-4-2-1-3-5-10)17(29)31-9-12(15(26)20-8-14(24)25)21-13(23)7-6-11(19)16(27)28/h1-5,11-12,30H,6-9,19H2,(H3-,20,21,23,24,25,26,27,28)/p+1. The average molecular weight is 569 g/mol. The zero-order valence-electron chi connectivity index (χ0n) is 16.1. The molecule has 3 unspecified atom stereocenters. The first-order valence-corrected chi connectivity index (χ1v) is 10.7. The summed E-state index contributed by atoms with van der Waals surface area (Å²) in [6, 6.07) is 5.42. The van der Waals surface area contributed by atoms with Crippen molar-refractivity contribution in [1.29, 1.82) is 0 Å². The Morgan fingerprint density at radius 1 is 1.13 bits per heavy atom. The summed E-state index contributed by atoms with van der Waals surface area (Å²) in [6.07, 6.45) is -0.486. The molecule has 0 saturated carbocycles. The summed E-state index contributed by atoms with van der Waals surface area (Å²) in [4.78, 5) is 58.2. The van der Waals surface area contributed by atoms with Crippen LogP contribution in [0.1, 0.15) is 12.8 Å². The number of quaternary nitrogens is 1. The second-order valence-corrected chi connectivity index (χ2v) is 8.55. The predicted molar refractivity (Wildman–Crippen MR) is 119 cm³/mol. The SMILES string of the molecule is NC(CCC(=O)NC(CSC(=O)[N+](O)(I)c1ccccc1)C(=O)NCC(=O)O)C(=O)O. The van der Waals surface area contributed by atoms with Gasteiger partial charge in [0.25, 0.3) is 0 Å². The second-order valence-electron chi connectivity index (χ2n) is 6.18. The van der Waals surface area contributed by atoms with Gasteiger partial charge in [0.15, 0.2) is 5.69 Å². The van der Waals surface area contributed by atoms with Crippen molar-refractivity contribution in [3.63, 3.8) is 0 Å². The van der Waals surface area contributed by atoms with Gasteiger partial charge in [0, 0.05) is 24.3 Å². The number of aliphatic carboxylic acids is 2. The summed E-state index contributed by atoms with van der Waals surface area (Å²) in [5.74, 6) is -4.47. The van der Waals surface area contributed by atoms with Crippen LogP contribution in [-0.2, 0) is 19.2 Å². The van der Waals surface area contributed by atoms with Gasteiger partial charge in [0.05, 0.1) is 0 Å². The fourth-order valence-corrected chi connectivity index (χ4v) is 3.68. The molecule has 0 heterocycles. The molecule has 1 aromatic carbocycles. The zero-order chi connectivity index (χ0) is 23.6. The van der Waals surface area contributed by atoms with E-state index in [1.165, 1.54) is 35.0 Å². The van der Waals surface area contributed by atoms with E-state index in [9.17, 15) is 29.2 Å². The Balaban J connectivity index is 2.80. The third-order valence-corrected chi connectivity index (χ3v) is 6.11. The third-order valence-electron chi connectivity index (χ3n) is 3.78. The first-order valence-electron chi connectivity index (χ1n) is 8.76. The van der Waals surface area contributed by atoms with Crippen LogP contribution < -0.4 is 19.2 Å². The lowest BCUT2D eigenvalue weighted by Gasteiger charge is -2.20. The van der Waals surface area contributed by atoms with Crippen LogP contribution in [0.5, 0.6) is 0 Å². The maximum Gasteiger partial charge on any atom is 0.420 e. The summed E-state index contributed by atoms with van der Waals surface area (Å²) in [6.45, 7) is -0.704. The molecule has 0 aliphatic heterocycles. The van der Waals surface area contributed by atoms with E-state index in [-0.39, 0.29) is 24.3 Å². The number of hydrogen-bond acceptors (Lipinski definition) is 8. The first-order chi connectivity index (χ1) is 14.4. The number of nitrogens with two attached hydrogens (primary N) is 1. The number of carboxylic acid groups (broad SMARTS) is 2. The number of carbonyl (C=O) groups is 5. The van der Waals surface area contributed by atoms with Crippen LogP contribution in [0.3, 0.4) is 0 Å². The fraction of sp³-hybridized carbons (Fsp3) is 0.353. The van der Waals surface area contributed by atoms with Crippen molar-refractivity contribution in [3.8, 4) is 0 Å². The lowest BCUT2D eigenvalue weighted by Crippen LogP contribution is -2.50. The molecule has 12 nitrogen and oxygen atoms in total. The molecule has 0 fully saturated rings. The molecule has 0 radical (unpaired) electrons. The van der Waals surface area contributed by atoms with Crippen molar-refractivity contribution < 1.29 is 39.4 Å². The molecule has 0 aliphatic carbocycles. The number of nitrogens with zero attached hydrogens (tertiary/aromatic N) is 1. The van der Waals surface area contributed by atoms with E-state index < -0.39 is 50.5 Å². The van der Waals surface area contributed by atoms with Crippen molar-refractivity contribution >= 4 is 69.3 Å². The number of carboxylic acids is 2. The Morgan fingerprint density at radius 2 is 1.74 bits per heavy atom. The molecule has 7 N–H and O–H groups in total. The van der Waals surface area contributed by atoms with E-state index in [0.29, 0.717) is 11.8 Å². The largest absolute Gasteiger partial charge is 0.480 e. The van der Waals surface area contributed by atoms with E-state index >= 15 is 0 Å². The van der Waals surface area contributed by atoms with Crippen LogP contribution in [0.2, 0.25) is 0 Å². The number of para-hydroxylation sites is 1. The molecular formula is C17H22IN4O8S+. The molecule has 0 aliphatic rings. The number of halogens is 1. The summed E-state index contributed by atoms with van der Waals surface area (Å²) in [5.41, 5.74) is 5.60. The number of hydrogen-bond donors (Lipinski definition) is 6. The highest BCUT2D eigenvalue weighted by atomic mass is 127. The van der Waals surface area contributed by atoms with Crippen LogP contribution in [-0.4, -0.2) is 68.8 Å². The Kier molecular flexibility index (Phi) is 10.8. The lowest BCUT2D eigenvalue weighted by atomic mass is 10.1. The Labute approximate surface area is 195 Å². The fourth-order valence-electron chi connectivity index (χ4n) is 2.12. The molecule has 31 heavy (non-hydrogen) atoms. The summed E-state index contributed by atoms with van der Waals surface area (Å²) >= 11 is 2.05. The number of thioether (sulfide) groups is 1. The Hall–Kier alpha value is -2.27. The molecule has 0 bridgehead atoms. The van der Waals surface area contributed by atoms with Crippen molar-refractivity contribution in [1.82, 2.24) is 13.5 Å². The van der Waals surface area contributed by atoms with E-state index in [1.807, 2.05) is 0 Å². The molecule has 3 atom stereocenters. The van der Waals surface area contributed by atoms with Crippen LogP contribution in [0.25, 0.3) is 0 Å². The smallest absolute Gasteiger partial charge is 0.420 e. The van der Waals surface area contributed by atoms with Crippen molar-refractivity contribution in [3.05, 3.63) is 30.3 Å². The Bertz CT molecular complexity index is 824. The van der Waals surface area contributed by atoms with Gasteiger partial charge < -0.3 is 26.6 Å². The maximum atomic E-state index is 12.5. The molecule has 3 amide bonds. The van der Waals surface area contributed by atoms with Gasteiger partial charge in [-0.15, -0.1) is 0 Å². The molecular weight excluding hydrogens is 547 g/mol. The number of carbonyl (C=O) groups excluding carboxylic acids is 3. The topological polar surface area (TPSA) is 196 Å². The van der Waals surface area contributed by atoms with Gasteiger partial charge in [0.2, 0.25) is 11.8 Å². The highest BCUT2D eigenvalue weighted by Crippen LogP contribution is 2.30. The monoisotopic (exact) mass is 569 g/mol. The van der Waals surface area contributed by atoms with Crippen LogP contribution in [0.15, 0.2) is 30.3 Å². The minimum absolute atomic E-state index is 0.185. The normalized spacial score (nSPS) is 14.5. The molecule has 1 rings (SSSR count). The molecule has 0 saturated heterocycles. The highest BCUT2D eigenvalue weighted by Gasteiger charge is 2.38. The minimum Gasteiger partial charge on any atom is -0.480 e. The van der Waals surface area contributed by atoms with E-state index in [0.717, 1.165) is 0 Å². The lowest BCUT2D eigenvalue weighted by molar-refractivity contribution is -0.139. The van der Waals surface area contributed by atoms with Gasteiger partial charge in [-0.05, 0) is 21.0 Å². The van der Waals surface area contributed by atoms with E-state index in [1.54, 1.807) is 18.2 Å². The number of benzene rings is 1. The number of nitrogens with one attached hydrogen (secondary N) is 2. The van der Waals surface area contributed by atoms with Crippen LogP contribution >= 0.6 is 34.6 Å². The minimum atomic E-state index is -1.31. The maximum absolute atomic E-state index is 12.5. The third kappa shape index (κ3) is 9.18. The van der Waals surface area contributed by atoms with Gasteiger partial charge >= 0.3 is 40.0 Å². The van der Waals surface area contributed by atoms with Crippen molar-refractivity contribution in [2.45, 2.75) is 24.9 Å². The first kappa shape index (κ1) is 26.8. The molecule has 14 heteroatoms. The number of amides is 3. The van der Waals surface area contributed by atoms with Crippen molar-refractivity contribution in [2.24, 2.45) is 5.73 Å². The van der Waals surface area contributed by atoms with E-state index in [2.05, 4.69) is 10.6 Å². The summed E-state index contributed by atoms with van der Waals surface area (Å²) < 4.78 is -1.14. The van der Waals surface area contributed by atoms with Gasteiger partial charge in [-0.3, -0.25) is 19.2 Å². The van der Waals surface area contributed by atoms with Gasteiger partial charge in [-0.25, -0.2) is 4.79 Å². The zero-order valence-corrected chi connectivity index (χ0v) is 19.0. The van der Waals surface area contributed by atoms with Gasteiger partial charge in [-0.1, -0.05) is 18.2 Å². The van der Waals surface area contributed by atoms with Crippen molar-refractivity contribution in [2.75, 3.05) is 12.3 Å². The highest BCUT2D eigenvalue weighted by molar-refractivity contribution is 14.1. The molecule has 0 spiro atoms. The summed E-state index contributed by atoms with van der Waals surface area (Å²) in [7, 11) is 0. The second kappa shape index (κ2) is 12.6. The average Bonchev–Trinajstić information content (AvgIpc) is 2.73. The Morgan fingerprint density at radius 3 is 2.29 bits per heavy atom. The summed E-state index contributed by atoms with van der Waals surface area (Å²) in [5, 5.41) is 31.6. The quantitative estimate of drug-likeness (QED) is 0.0943. The number of hydroxylamine groups is 1.